The van der Waals surface area contributed by atoms with Gasteiger partial charge in [0.05, 0.1) is 7.11 Å². The van der Waals surface area contributed by atoms with Gasteiger partial charge < -0.3 is 9.84 Å². The summed E-state index contributed by atoms with van der Waals surface area (Å²) in [6.45, 7) is 4.18. The molecule has 0 saturated heterocycles. The summed E-state index contributed by atoms with van der Waals surface area (Å²) >= 11 is 0. The molecule has 20 heavy (non-hydrogen) atoms. The Kier molecular flexibility index (Phi) is 4.67. The molecule has 0 amide bonds. The highest BCUT2D eigenvalue weighted by Gasteiger charge is 2.05. The van der Waals surface area contributed by atoms with E-state index in [9.17, 15) is 5.11 Å². The van der Waals surface area contributed by atoms with E-state index in [1.165, 1.54) is 22.3 Å². The van der Waals surface area contributed by atoms with Crippen LogP contribution in [0.5, 0.6) is 11.5 Å². The van der Waals surface area contributed by atoms with Crippen LogP contribution < -0.4 is 4.74 Å². The first-order valence-corrected chi connectivity index (χ1v) is 7.02. The van der Waals surface area contributed by atoms with Gasteiger partial charge in [0.2, 0.25) is 0 Å². The molecule has 2 rings (SSSR count). The molecule has 0 fully saturated rings. The van der Waals surface area contributed by atoms with Crippen molar-refractivity contribution in [2.75, 3.05) is 7.11 Å². The van der Waals surface area contributed by atoms with Crippen LogP contribution in [-0.4, -0.2) is 12.2 Å². The van der Waals surface area contributed by atoms with Gasteiger partial charge in [-0.25, -0.2) is 0 Å². The number of benzene rings is 2. The predicted octanol–water partition coefficient (Wildman–Crippen LogP) is 4.19. The lowest BCUT2D eigenvalue weighted by molar-refractivity contribution is 0.408. The molecular formula is C18H22O2. The largest absolute Gasteiger partial charge is 0.508 e. The highest BCUT2D eigenvalue weighted by Crippen LogP contribution is 2.25. The topological polar surface area (TPSA) is 29.5 Å². The normalized spacial score (nSPS) is 10.6. The van der Waals surface area contributed by atoms with Crippen molar-refractivity contribution in [3.05, 3.63) is 58.7 Å². The molecule has 0 aliphatic heterocycles. The van der Waals surface area contributed by atoms with E-state index in [2.05, 4.69) is 32.0 Å². The summed E-state index contributed by atoms with van der Waals surface area (Å²) in [5, 5.41) is 9.45. The first-order valence-electron chi connectivity index (χ1n) is 7.02. The molecule has 2 aromatic carbocycles. The third kappa shape index (κ3) is 3.53. The molecule has 0 saturated carbocycles. The van der Waals surface area contributed by atoms with Gasteiger partial charge in [-0.05, 0) is 67.5 Å². The lowest BCUT2D eigenvalue weighted by Gasteiger charge is -2.11. The number of aryl methyl sites for hydroxylation is 4. The smallest absolute Gasteiger partial charge is 0.124 e. The SMILES string of the molecule is COc1c(C)cc(CCCc2cccc(O)c2)cc1C. The Hall–Kier alpha value is -1.96. The Morgan fingerprint density at radius 3 is 2.20 bits per heavy atom. The van der Waals surface area contributed by atoms with Crippen molar-refractivity contribution in [3.8, 4) is 11.5 Å². The highest BCUT2D eigenvalue weighted by molar-refractivity contribution is 5.43. The number of ether oxygens (including phenoxy) is 1. The van der Waals surface area contributed by atoms with Gasteiger partial charge in [-0.15, -0.1) is 0 Å². The average molecular weight is 270 g/mol. The third-order valence-corrected chi connectivity index (χ3v) is 3.57. The maximum Gasteiger partial charge on any atom is 0.124 e. The Morgan fingerprint density at radius 2 is 1.60 bits per heavy atom. The van der Waals surface area contributed by atoms with Crippen molar-refractivity contribution in [1.82, 2.24) is 0 Å². The maximum atomic E-state index is 9.45. The van der Waals surface area contributed by atoms with Crippen LogP contribution in [0.3, 0.4) is 0 Å². The van der Waals surface area contributed by atoms with Crippen molar-refractivity contribution in [1.29, 1.82) is 0 Å². The van der Waals surface area contributed by atoms with Gasteiger partial charge >= 0.3 is 0 Å². The van der Waals surface area contributed by atoms with Crippen LogP contribution in [0, 0.1) is 13.8 Å². The fourth-order valence-corrected chi connectivity index (χ4v) is 2.71. The van der Waals surface area contributed by atoms with Crippen molar-refractivity contribution in [2.24, 2.45) is 0 Å². The zero-order valence-corrected chi connectivity index (χ0v) is 12.4. The fourth-order valence-electron chi connectivity index (χ4n) is 2.71. The van der Waals surface area contributed by atoms with Gasteiger partial charge in [-0.1, -0.05) is 24.3 Å². The van der Waals surface area contributed by atoms with E-state index in [4.69, 9.17) is 4.74 Å². The number of aromatic hydroxyl groups is 1. The molecule has 0 heterocycles. The maximum absolute atomic E-state index is 9.45. The van der Waals surface area contributed by atoms with Gasteiger partial charge in [-0.2, -0.15) is 0 Å². The van der Waals surface area contributed by atoms with Crippen molar-refractivity contribution in [2.45, 2.75) is 33.1 Å². The molecular weight excluding hydrogens is 248 g/mol. The van der Waals surface area contributed by atoms with E-state index in [0.717, 1.165) is 25.0 Å². The molecule has 0 bridgehead atoms. The monoisotopic (exact) mass is 270 g/mol. The first kappa shape index (κ1) is 14.4. The second-order valence-corrected chi connectivity index (χ2v) is 5.29. The van der Waals surface area contributed by atoms with Crippen LogP contribution in [0.25, 0.3) is 0 Å². The van der Waals surface area contributed by atoms with Crippen molar-refractivity contribution < 1.29 is 9.84 Å². The lowest BCUT2D eigenvalue weighted by Crippen LogP contribution is -1.95. The predicted molar refractivity (Wildman–Crippen MR) is 82.6 cm³/mol. The summed E-state index contributed by atoms with van der Waals surface area (Å²) in [7, 11) is 1.72. The fraction of sp³-hybridized carbons (Fsp3) is 0.333. The Bertz CT molecular complexity index is 565. The van der Waals surface area contributed by atoms with Crippen LogP contribution >= 0.6 is 0 Å². The summed E-state index contributed by atoms with van der Waals surface area (Å²) in [5.41, 5.74) is 4.92. The number of hydrogen-bond donors (Lipinski definition) is 1. The molecule has 0 atom stereocenters. The summed E-state index contributed by atoms with van der Waals surface area (Å²) in [5.74, 6) is 1.33. The molecule has 0 spiro atoms. The molecule has 0 aliphatic carbocycles. The number of hydrogen-bond acceptors (Lipinski definition) is 2. The van der Waals surface area contributed by atoms with Crippen LogP contribution in [0.4, 0.5) is 0 Å². The molecule has 2 heteroatoms. The van der Waals surface area contributed by atoms with E-state index >= 15 is 0 Å². The molecule has 0 aromatic heterocycles. The van der Waals surface area contributed by atoms with Crippen LogP contribution in [-0.2, 0) is 12.8 Å². The van der Waals surface area contributed by atoms with Gasteiger partial charge in [-0.3, -0.25) is 0 Å². The van der Waals surface area contributed by atoms with E-state index in [1.807, 2.05) is 12.1 Å². The molecule has 0 radical (unpaired) electrons. The molecule has 2 nitrogen and oxygen atoms in total. The number of phenolic OH excluding ortho intramolecular Hbond substituents is 1. The van der Waals surface area contributed by atoms with E-state index < -0.39 is 0 Å². The van der Waals surface area contributed by atoms with Gasteiger partial charge in [0.25, 0.3) is 0 Å². The lowest BCUT2D eigenvalue weighted by atomic mass is 10.00. The van der Waals surface area contributed by atoms with Crippen molar-refractivity contribution in [3.63, 3.8) is 0 Å². The van der Waals surface area contributed by atoms with Gasteiger partial charge in [0, 0.05) is 0 Å². The van der Waals surface area contributed by atoms with E-state index in [1.54, 1.807) is 13.2 Å². The minimum Gasteiger partial charge on any atom is -0.508 e. The Morgan fingerprint density at radius 1 is 0.950 bits per heavy atom. The quantitative estimate of drug-likeness (QED) is 0.882. The van der Waals surface area contributed by atoms with E-state index in [0.29, 0.717) is 5.75 Å². The molecule has 0 aliphatic rings. The minimum absolute atomic E-state index is 0.346. The summed E-state index contributed by atoms with van der Waals surface area (Å²) in [6.07, 6.45) is 3.11. The van der Waals surface area contributed by atoms with Crippen LogP contribution in [0.1, 0.15) is 28.7 Å². The second-order valence-electron chi connectivity index (χ2n) is 5.29. The van der Waals surface area contributed by atoms with E-state index in [-0.39, 0.29) is 0 Å². The highest BCUT2D eigenvalue weighted by atomic mass is 16.5. The Labute approximate surface area is 121 Å². The molecule has 1 N–H and O–H groups in total. The Balaban J connectivity index is 1.98. The first-order chi connectivity index (χ1) is 9.60. The number of rotatable bonds is 5. The zero-order chi connectivity index (χ0) is 14.5. The summed E-state index contributed by atoms with van der Waals surface area (Å²) in [4.78, 5) is 0. The second kappa shape index (κ2) is 6.47. The minimum atomic E-state index is 0.346. The molecule has 106 valence electrons. The van der Waals surface area contributed by atoms with Crippen LogP contribution in [0.2, 0.25) is 0 Å². The van der Waals surface area contributed by atoms with Crippen molar-refractivity contribution >= 4 is 0 Å². The number of methoxy groups -OCH3 is 1. The van der Waals surface area contributed by atoms with Crippen LogP contribution in [0.15, 0.2) is 36.4 Å². The zero-order valence-electron chi connectivity index (χ0n) is 12.4. The summed E-state index contributed by atoms with van der Waals surface area (Å²) < 4.78 is 5.39. The number of phenols is 1. The third-order valence-electron chi connectivity index (χ3n) is 3.57. The summed E-state index contributed by atoms with van der Waals surface area (Å²) in [6, 6.07) is 11.9. The molecule has 2 aromatic rings. The molecule has 0 unspecified atom stereocenters. The average Bonchev–Trinajstić information content (AvgIpc) is 2.38. The van der Waals surface area contributed by atoms with Gasteiger partial charge in [0.1, 0.15) is 11.5 Å². The standard InChI is InChI=1S/C18H22O2/c1-13-10-16(11-14(2)18(13)20-3)8-4-6-15-7-5-9-17(19)12-15/h5,7,9-12,19H,4,6,8H2,1-3H3. The van der Waals surface area contributed by atoms with Gasteiger partial charge in [0.15, 0.2) is 0 Å².